The Kier molecular flexibility index (Phi) is 2.77. The van der Waals surface area contributed by atoms with Gasteiger partial charge >= 0.3 is 0 Å². The zero-order valence-electron chi connectivity index (χ0n) is 9.14. The molecule has 0 spiro atoms. The molecule has 0 radical (unpaired) electrons. The van der Waals surface area contributed by atoms with Crippen LogP contribution in [0.2, 0.25) is 0 Å². The summed E-state index contributed by atoms with van der Waals surface area (Å²) < 4.78 is 6.26. The van der Waals surface area contributed by atoms with Crippen LogP contribution in [-0.2, 0) is 6.42 Å². The number of aryl methyl sites for hydroxylation is 1. The second kappa shape index (κ2) is 3.80. The van der Waals surface area contributed by atoms with Gasteiger partial charge in [-0.2, -0.15) is 0 Å². The first kappa shape index (κ1) is 11.0. The smallest absolute Gasteiger partial charge is 0.133 e. The molecule has 3 heteroatoms. The summed E-state index contributed by atoms with van der Waals surface area (Å²) in [5.74, 6) is 0.887. The van der Waals surface area contributed by atoms with Gasteiger partial charge in [-0.05, 0) is 65.4 Å². The molecule has 0 bridgehead atoms. The molecule has 0 amide bonds. The predicted octanol–water partition coefficient (Wildman–Crippen LogP) is 2.80. The minimum atomic E-state index is 0.0682. The Hall–Kier alpha value is -0.540. The molecule has 1 aromatic rings. The average Bonchev–Trinajstić information content (AvgIpc) is 2.89. The van der Waals surface area contributed by atoms with E-state index in [1.807, 2.05) is 0 Å². The van der Waals surface area contributed by atoms with E-state index in [0.29, 0.717) is 0 Å². The third kappa shape index (κ3) is 2.34. The Morgan fingerprint density at radius 1 is 1.47 bits per heavy atom. The SMILES string of the molecule is COc1cc(C)c(CC2(N)CC2)cc1Br. The lowest BCUT2D eigenvalue weighted by atomic mass is 10.00. The fourth-order valence-electron chi connectivity index (χ4n) is 1.76. The van der Waals surface area contributed by atoms with Crippen molar-refractivity contribution in [2.24, 2.45) is 5.73 Å². The molecule has 1 aromatic carbocycles. The van der Waals surface area contributed by atoms with Gasteiger partial charge in [0.1, 0.15) is 5.75 Å². The molecule has 1 aliphatic carbocycles. The number of rotatable bonds is 3. The molecule has 0 aliphatic heterocycles. The third-order valence-electron chi connectivity index (χ3n) is 3.05. The van der Waals surface area contributed by atoms with Crippen LogP contribution in [0.1, 0.15) is 24.0 Å². The van der Waals surface area contributed by atoms with Gasteiger partial charge in [0.25, 0.3) is 0 Å². The van der Waals surface area contributed by atoms with E-state index < -0.39 is 0 Å². The van der Waals surface area contributed by atoms with Gasteiger partial charge in [0.2, 0.25) is 0 Å². The molecular formula is C12H16BrNO. The van der Waals surface area contributed by atoms with E-state index >= 15 is 0 Å². The van der Waals surface area contributed by atoms with Gasteiger partial charge < -0.3 is 10.5 Å². The summed E-state index contributed by atoms with van der Waals surface area (Å²) in [7, 11) is 1.69. The lowest BCUT2D eigenvalue weighted by molar-refractivity contribution is 0.411. The van der Waals surface area contributed by atoms with Crippen LogP contribution in [0.25, 0.3) is 0 Å². The quantitative estimate of drug-likeness (QED) is 0.916. The Bertz CT molecular complexity index is 385. The lowest BCUT2D eigenvalue weighted by Gasteiger charge is -2.13. The van der Waals surface area contributed by atoms with E-state index in [9.17, 15) is 0 Å². The van der Waals surface area contributed by atoms with Crippen LogP contribution in [0.3, 0.4) is 0 Å². The van der Waals surface area contributed by atoms with E-state index in [2.05, 4.69) is 35.0 Å². The molecule has 2 N–H and O–H groups in total. The number of halogens is 1. The third-order valence-corrected chi connectivity index (χ3v) is 3.66. The number of ether oxygens (including phenoxy) is 1. The number of methoxy groups -OCH3 is 1. The van der Waals surface area contributed by atoms with Gasteiger partial charge in [-0.15, -0.1) is 0 Å². The summed E-state index contributed by atoms with van der Waals surface area (Å²) in [5, 5.41) is 0. The Morgan fingerprint density at radius 2 is 2.13 bits per heavy atom. The summed E-state index contributed by atoms with van der Waals surface area (Å²) in [4.78, 5) is 0. The first-order valence-corrected chi connectivity index (χ1v) is 5.95. The van der Waals surface area contributed by atoms with Crippen molar-refractivity contribution in [2.45, 2.75) is 31.7 Å². The zero-order chi connectivity index (χ0) is 11.1. The van der Waals surface area contributed by atoms with Gasteiger partial charge in [0.05, 0.1) is 11.6 Å². The summed E-state index contributed by atoms with van der Waals surface area (Å²) in [6.07, 6.45) is 3.27. The minimum Gasteiger partial charge on any atom is -0.496 e. The molecule has 1 fully saturated rings. The molecule has 82 valence electrons. The number of hydrogen-bond donors (Lipinski definition) is 1. The Balaban J connectivity index is 2.28. The van der Waals surface area contributed by atoms with Crippen molar-refractivity contribution in [3.63, 3.8) is 0 Å². The van der Waals surface area contributed by atoms with Crippen molar-refractivity contribution in [3.05, 3.63) is 27.7 Å². The highest BCUT2D eigenvalue weighted by Gasteiger charge is 2.38. The number of nitrogens with two attached hydrogens (primary N) is 1. The van der Waals surface area contributed by atoms with E-state index in [-0.39, 0.29) is 5.54 Å². The summed E-state index contributed by atoms with van der Waals surface area (Å²) in [6.45, 7) is 2.11. The van der Waals surface area contributed by atoms with E-state index in [0.717, 1.165) is 29.5 Å². The zero-order valence-corrected chi connectivity index (χ0v) is 10.7. The highest BCUT2D eigenvalue weighted by molar-refractivity contribution is 9.10. The van der Waals surface area contributed by atoms with Crippen LogP contribution in [0.4, 0.5) is 0 Å². The monoisotopic (exact) mass is 269 g/mol. The van der Waals surface area contributed by atoms with Gasteiger partial charge in [-0.1, -0.05) is 0 Å². The molecule has 2 nitrogen and oxygen atoms in total. The topological polar surface area (TPSA) is 35.2 Å². The van der Waals surface area contributed by atoms with Crippen molar-refractivity contribution in [3.8, 4) is 5.75 Å². The maximum Gasteiger partial charge on any atom is 0.133 e. The van der Waals surface area contributed by atoms with Crippen LogP contribution in [0, 0.1) is 6.92 Å². The van der Waals surface area contributed by atoms with Gasteiger partial charge in [0, 0.05) is 5.54 Å². The number of hydrogen-bond acceptors (Lipinski definition) is 2. The fraction of sp³-hybridized carbons (Fsp3) is 0.500. The largest absolute Gasteiger partial charge is 0.496 e. The molecular weight excluding hydrogens is 254 g/mol. The maximum atomic E-state index is 6.12. The Morgan fingerprint density at radius 3 is 2.67 bits per heavy atom. The summed E-state index contributed by atoms with van der Waals surface area (Å²) in [5.41, 5.74) is 8.77. The standard InChI is InChI=1S/C12H16BrNO/c1-8-5-11(15-2)10(13)6-9(8)7-12(14)3-4-12/h5-6H,3-4,7,14H2,1-2H3. The molecule has 0 saturated heterocycles. The van der Waals surface area contributed by atoms with Crippen molar-refractivity contribution >= 4 is 15.9 Å². The highest BCUT2D eigenvalue weighted by Crippen LogP contribution is 2.38. The molecule has 0 heterocycles. The van der Waals surface area contributed by atoms with Gasteiger partial charge in [0.15, 0.2) is 0 Å². The van der Waals surface area contributed by atoms with Crippen LogP contribution >= 0.6 is 15.9 Å². The average molecular weight is 270 g/mol. The van der Waals surface area contributed by atoms with Crippen LogP contribution < -0.4 is 10.5 Å². The molecule has 0 aromatic heterocycles. The molecule has 1 saturated carbocycles. The summed E-state index contributed by atoms with van der Waals surface area (Å²) >= 11 is 3.50. The second-order valence-corrected chi connectivity index (χ2v) is 5.31. The van der Waals surface area contributed by atoms with Crippen LogP contribution in [0.5, 0.6) is 5.75 Å². The summed E-state index contributed by atoms with van der Waals surface area (Å²) in [6, 6.07) is 4.19. The van der Waals surface area contributed by atoms with Crippen molar-refractivity contribution in [2.75, 3.05) is 7.11 Å². The normalized spacial score (nSPS) is 17.6. The van der Waals surface area contributed by atoms with Gasteiger partial charge in [-0.3, -0.25) is 0 Å². The highest BCUT2D eigenvalue weighted by atomic mass is 79.9. The molecule has 0 unspecified atom stereocenters. The second-order valence-electron chi connectivity index (χ2n) is 4.45. The predicted molar refractivity (Wildman–Crippen MR) is 65.3 cm³/mol. The first-order chi connectivity index (χ1) is 7.04. The van der Waals surface area contributed by atoms with Crippen LogP contribution in [0.15, 0.2) is 16.6 Å². The van der Waals surface area contributed by atoms with Crippen LogP contribution in [-0.4, -0.2) is 12.6 Å². The fourth-order valence-corrected chi connectivity index (χ4v) is 2.31. The van der Waals surface area contributed by atoms with E-state index in [4.69, 9.17) is 10.5 Å². The molecule has 0 atom stereocenters. The van der Waals surface area contributed by atoms with E-state index in [1.165, 1.54) is 11.1 Å². The van der Waals surface area contributed by atoms with Crippen molar-refractivity contribution in [1.82, 2.24) is 0 Å². The lowest BCUT2D eigenvalue weighted by Crippen LogP contribution is -2.24. The van der Waals surface area contributed by atoms with Crippen molar-refractivity contribution < 1.29 is 4.74 Å². The van der Waals surface area contributed by atoms with E-state index in [1.54, 1.807) is 7.11 Å². The maximum absolute atomic E-state index is 6.12. The Labute approximate surface area is 98.9 Å². The number of benzene rings is 1. The van der Waals surface area contributed by atoms with Gasteiger partial charge in [-0.25, -0.2) is 0 Å². The molecule has 1 aliphatic rings. The molecule has 2 rings (SSSR count). The first-order valence-electron chi connectivity index (χ1n) is 5.16. The van der Waals surface area contributed by atoms with Crippen molar-refractivity contribution in [1.29, 1.82) is 0 Å². The molecule has 15 heavy (non-hydrogen) atoms. The minimum absolute atomic E-state index is 0.0682.